The predicted molar refractivity (Wildman–Crippen MR) is 92.5 cm³/mol. The van der Waals surface area contributed by atoms with Crippen molar-refractivity contribution in [2.24, 2.45) is 4.99 Å². The minimum absolute atomic E-state index is 0.0905. The molecule has 2 heterocycles. The summed E-state index contributed by atoms with van der Waals surface area (Å²) in [6, 6.07) is 5.36. The fraction of sp³-hybridized carbons (Fsp3) is 0.214. The monoisotopic (exact) mass is 354 g/mol. The maximum atomic E-state index is 12.0. The standard InChI is InChI=1S/C14H12Cl2N4OS/c1-6-4-10(7-2-3-8(15)9(16)5-7)18-12-11(17-6)13(21)20-14(22)19-12/h2-3,5,10H,4H2,1H3,(H3,18,19,20,21,22)/t10-/m0/s1. The lowest BCUT2D eigenvalue weighted by Crippen LogP contribution is -2.15. The molecule has 0 radical (unpaired) electrons. The fourth-order valence-electron chi connectivity index (χ4n) is 2.38. The van der Waals surface area contributed by atoms with Crippen molar-refractivity contribution in [3.05, 3.63) is 48.9 Å². The van der Waals surface area contributed by atoms with Gasteiger partial charge < -0.3 is 10.3 Å². The number of aromatic nitrogens is 2. The summed E-state index contributed by atoms with van der Waals surface area (Å²) < 4.78 is 0.249. The van der Waals surface area contributed by atoms with Crippen LogP contribution in [0.5, 0.6) is 0 Å². The van der Waals surface area contributed by atoms with E-state index < -0.39 is 0 Å². The van der Waals surface area contributed by atoms with Crippen molar-refractivity contribution in [1.82, 2.24) is 9.97 Å². The van der Waals surface area contributed by atoms with Crippen molar-refractivity contribution in [3.8, 4) is 0 Å². The summed E-state index contributed by atoms with van der Waals surface area (Å²) >= 11 is 17.1. The van der Waals surface area contributed by atoms with Crippen LogP contribution in [-0.4, -0.2) is 15.7 Å². The van der Waals surface area contributed by atoms with E-state index >= 15 is 0 Å². The van der Waals surface area contributed by atoms with Gasteiger partial charge in [0.1, 0.15) is 5.82 Å². The molecule has 1 aromatic heterocycles. The number of hydrogen-bond acceptors (Lipinski definition) is 4. The summed E-state index contributed by atoms with van der Waals surface area (Å²) in [6.07, 6.45) is 0.632. The van der Waals surface area contributed by atoms with Crippen LogP contribution in [0.1, 0.15) is 24.9 Å². The zero-order chi connectivity index (χ0) is 15.9. The number of nitrogens with one attached hydrogen (secondary N) is 3. The molecule has 0 saturated carbocycles. The van der Waals surface area contributed by atoms with E-state index in [2.05, 4.69) is 20.3 Å². The van der Waals surface area contributed by atoms with Crippen LogP contribution in [0.15, 0.2) is 28.0 Å². The molecule has 0 aliphatic carbocycles. The van der Waals surface area contributed by atoms with Crippen LogP contribution in [0.25, 0.3) is 0 Å². The molecule has 22 heavy (non-hydrogen) atoms. The van der Waals surface area contributed by atoms with Crippen molar-refractivity contribution >= 4 is 52.6 Å². The lowest BCUT2D eigenvalue weighted by molar-refractivity contribution is 0.818. The molecule has 3 rings (SSSR count). The topological polar surface area (TPSA) is 73.0 Å². The first kappa shape index (κ1) is 15.3. The van der Waals surface area contributed by atoms with Crippen LogP contribution in [-0.2, 0) is 0 Å². The van der Waals surface area contributed by atoms with Gasteiger partial charge in [0, 0.05) is 12.1 Å². The summed E-state index contributed by atoms with van der Waals surface area (Å²) in [5.41, 5.74) is 1.77. The normalized spacial score (nSPS) is 17.2. The molecule has 0 amide bonds. The average Bonchev–Trinajstić information content (AvgIpc) is 2.61. The Bertz CT molecular complexity index is 887. The number of fused-ring (bicyclic) bond motifs is 1. The lowest BCUT2D eigenvalue weighted by Gasteiger charge is -2.18. The lowest BCUT2D eigenvalue weighted by atomic mass is 10.0. The first-order valence-corrected chi connectivity index (χ1v) is 7.72. The molecule has 3 N–H and O–H groups in total. The van der Waals surface area contributed by atoms with Crippen LogP contribution in [0.4, 0.5) is 11.5 Å². The third kappa shape index (κ3) is 2.95. The van der Waals surface area contributed by atoms with E-state index in [0.29, 0.717) is 28.0 Å². The SMILES string of the molecule is CC1=Nc2c([nH]c(=S)[nH]c2=O)N[C@H](c2ccc(Cl)c(Cl)c2)C1. The Hall–Kier alpha value is -1.63. The summed E-state index contributed by atoms with van der Waals surface area (Å²) in [4.78, 5) is 21.8. The molecule has 1 atom stereocenters. The van der Waals surface area contributed by atoms with E-state index in [4.69, 9.17) is 35.4 Å². The van der Waals surface area contributed by atoms with Gasteiger partial charge in [-0.25, -0.2) is 4.99 Å². The average molecular weight is 355 g/mol. The quantitative estimate of drug-likeness (QED) is 0.665. The van der Waals surface area contributed by atoms with Crippen molar-refractivity contribution < 1.29 is 0 Å². The fourth-order valence-corrected chi connectivity index (χ4v) is 2.88. The molecule has 1 aliphatic rings. The van der Waals surface area contributed by atoms with Crippen LogP contribution in [0.3, 0.4) is 0 Å². The molecule has 8 heteroatoms. The zero-order valence-electron chi connectivity index (χ0n) is 11.5. The highest BCUT2D eigenvalue weighted by Crippen LogP contribution is 2.33. The predicted octanol–water partition coefficient (Wildman–Crippen LogP) is 4.39. The number of anilines is 1. The number of H-pyrrole nitrogens is 2. The van der Waals surface area contributed by atoms with Gasteiger partial charge in [-0.3, -0.25) is 9.78 Å². The molecule has 1 aromatic carbocycles. The van der Waals surface area contributed by atoms with Crippen LogP contribution >= 0.6 is 35.4 Å². The Balaban J connectivity index is 2.09. The smallest absolute Gasteiger partial charge is 0.279 e. The Labute approximate surface area is 141 Å². The Kier molecular flexibility index (Phi) is 4.08. The number of hydrogen-bond donors (Lipinski definition) is 3. The molecular weight excluding hydrogens is 343 g/mol. The summed E-state index contributed by atoms with van der Waals surface area (Å²) in [6.45, 7) is 1.88. The highest BCUT2D eigenvalue weighted by Gasteiger charge is 2.21. The number of halogens is 2. The van der Waals surface area contributed by atoms with E-state index in [0.717, 1.165) is 11.3 Å². The summed E-state index contributed by atoms with van der Waals surface area (Å²) in [5, 5.41) is 4.26. The number of aromatic amines is 2. The molecule has 0 saturated heterocycles. The molecule has 1 aliphatic heterocycles. The van der Waals surface area contributed by atoms with Crippen molar-refractivity contribution in [3.63, 3.8) is 0 Å². The Morgan fingerprint density at radius 2 is 2.05 bits per heavy atom. The minimum Gasteiger partial charge on any atom is -0.362 e. The number of aliphatic imine (C=N–C) groups is 1. The molecule has 0 bridgehead atoms. The van der Waals surface area contributed by atoms with E-state index in [-0.39, 0.29) is 16.4 Å². The van der Waals surface area contributed by atoms with Gasteiger partial charge in [-0.15, -0.1) is 0 Å². The van der Waals surface area contributed by atoms with Gasteiger partial charge in [-0.1, -0.05) is 29.3 Å². The molecule has 0 spiro atoms. The first-order valence-electron chi connectivity index (χ1n) is 6.56. The zero-order valence-corrected chi connectivity index (χ0v) is 13.9. The van der Waals surface area contributed by atoms with E-state index in [1.807, 2.05) is 19.1 Å². The maximum Gasteiger partial charge on any atom is 0.279 e. The van der Waals surface area contributed by atoms with Gasteiger partial charge in [0.05, 0.1) is 16.1 Å². The molecule has 114 valence electrons. The molecular formula is C14H12Cl2N4OS. The maximum absolute atomic E-state index is 12.0. The third-order valence-electron chi connectivity index (χ3n) is 3.38. The van der Waals surface area contributed by atoms with E-state index in [1.54, 1.807) is 6.07 Å². The number of benzene rings is 1. The van der Waals surface area contributed by atoms with Crippen molar-refractivity contribution in [2.75, 3.05) is 5.32 Å². The van der Waals surface area contributed by atoms with Crippen LogP contribution < -0.4 is 10.9 Å². The van der Waals surface area contributed by atoms with Crippen LogP contribution in [0.2, 0.25) is 10.0 Å². The molecule has 0 unspecified atom stereocenters. The highest BCUT2D eigenvalue weighted by molar-refractivity contribution is 7.71. The second-order valence-corrected chi connectivity index (χ2v) is 6.28. The van der Waals surface area contributed by atoms with Gasteiger partial charge in [-0.2, -0.15) is 0 Å². The van der Waals surface area contributed by atoms with E-state index in [1.165, 1.54) is 0 Å². The van der Waals surface area contributed by atoms with Gasteiger partial charge in [-0.05, 0) is 36.8 Å². The summed E-state index contributed by atoms with van der Waals surface area (Å²) in [7, 11) is 0. The first-order chi connectivity index (χ1) is 10.4. The van der Waals surface area contributed by atoms with Crippen molar-refractivity contribution in [1.29, 1.82) is 0 Å². The van der Waals surface area contributed by atoms with E-state index in [9.17, 15) is 4.79 Å². The molecule has 5 nitrogen and oxygen atoms in total. The molecule has 0 fully saturated rings. The minimum atomic E-state index is -0.319. The summed E-state index contributed by atoms with van der Waals surface area (Å²) in [5.74, 6) is 0.502. The largest absolute Gasteiger partial charge is 0.362 e. The van der Waals surface area contributed by atoms with Gasteiger partial charge >= 0.3 is 0 Å². The Morgan fingerprint density at radius 3 is 2.77 bits per heavy atom. The third-order valence-corrected chi connectivity index (χ3v) is 4.33. The highest BCUT2D eigenvalue weighted by atomic mass is 35.5. The number of rotatable bonds is 1. The van der Waals surface area contributed by atoms with Gasteiger partial charge in [0.2, 0.25) is 0 Å². The van der Waals surface area contributed by atoms with Gasteiger partial charge in [0.25, 0.3) is 5.56 Å². The number of nitrogens with zero attached hydrogens (tertiary/aromatic N) is 1. The Morgan fingerprint density at radius 1 is 1.27 bits per heavy atom. The second-order valence-electron chi connectivity index (χ2n) is 5.05. The van der Waals surface area contributed by atoms with Gasteiger partial charge in [0.15, 0.2) is 10.5 Å². The second kappa shape index (κ2) is 5.87. The molecule has 2 aromatic rings. The van der Waals surface area contributed by atoms with Crippen LogP contribution in [0, 0.1) is 4.77 Å². The van der Waals surface area contributed by atoms with Crippen molar-refractivity contribution in [2.45, 2.75) is 19.4 Å².